The molecule has 2 rings (SSSR count). The Labute approximate surface area is 109 Å². The largest absolute Gasteiger partial charge is 0.385 e. The van der Waals surface area contributed by atoms with E-state index < -0.39 is 29.1 Å². The van der Waals surface area contributed by atoms with Crippen LogP contribution in [0.1, 0.15) is 24.8 Å². The van der Waals surface area contributed by atoms with E-state index >= 15 is 0 Å². The van der Waals surface area contributed by atoms with E-state index in [0.717, 1.165) is 6.07 Å². The molecule has 2 unspecified atom stereocenters. The van der Waals surface area contributed by atoms with Crippen LogP contribution in [0.4, 0.5) is 8.78 Å². The zero-order valence-corrected chi connectivity index (χ0v) is 10.3. The number of aliphatic hydroxyl groups excluding tert-OH is 1. The summed E-state index contributed by atoms with van der Waals surface area (Å²) in [7, 11) is 0. The molecule has 1 aliphatic rings. The molecular formula is C12H14ClF2NO2. The minimum Gasteiger partial charge on any atom is -0.385 e. The van der Waals surface area contributed by atoms with Crippen molar-refractivity contribution in [1.29, 1.82) is 0 Å². The molecular weight excluding hydrogens is 264 g/mol. The standard InChI is InChI=1S/C12H13F2NO2.ClH/c13-7-3-4-8(9(14)6-7)12(15)5-1-2-10(16)11(12)17;/h3-4,6,10,16H,1-2,5,15H2;1H. The van der Waals surface area contributed by atoms with Crippen LogP contribution in [-0.4, -0.2) is 17.0 Å². The number of carbonyl (C=O) groups excluding carboxylic acids is 1. The summed E-state index contributed by atoms with van der Waals surface area (Å²) >= 11 is 0. The molecule has 1 aromatic rings. The number of nitrogens with two attached hydrogens (primary N) is 1. The maximum Gasteiger partial charge on any atom is 0.185 e. The first-order valence-corrected chi connectivity index (χ1v) is 5.42. The fourth-order valence-electron chi connectivity index (χ4n) is 2.24. The van der Waals surface area contributed by atoms with Crippen LogP contribution in [0.5, 0.6) is 0 Å². The molecule has 0 spiro atoms. The second-order valence-electron chi connectivity index (χ2n) is 4.37. The Bertz CT molecular complexity index is 469. The van der Waals surface area contributed by atoms with Crippen LogP contribution in [0.2, 0.25) is 0 Å². The fourth-order valence-corrected chi connectivity index (χ4v) is 2.24. The molecule has 1 aromatic carbocycles. The van der Waals surface area contributed by atoms with Crippen LogP contribution in [0.3, 0.4) is 0 Å². The molecule has 0 aromatic heterocycles. The molecule has 100 valence electrons. The van der Waals surface area contributed by atoms with Gasteiger partial charge in [0.1, 0.15) is 23.3 Å². The van der Waals surface area contributed by atoms with Crippen LogP contribution in [0, 0.1) is 11.6 Å². The Kier molecular flexibility index (Phi) is 4.42. The van der Waals surface area contributed by atoms with Gasteiger partial charge in [-0.05, 0) is 25.3 Å². The summed E-state index contributed by atoms with van der Waals surface area (Å²) in [6.07, 6.45) is -0.0510. The van der Waals surface area contributed by atoms with Gasteiger partial charge in [0.2, 0.25) is 0 Å². The van der Waals surface area contributed by atoms with E-state index in [4.69, 9.17) is 5.73 Å². The van der Waals surface area contributed by atoms with Gasteiger partial charge in [0.05, 0.1) is 0 Å². The van der Waals surface area contributed by atoms with Gasteiger partial charge in [-0.25, -0.2) is 8.78 Å². The molecule has 1 fully saturated rings. The van der Waals surface area contributed by atoms with Crippen molar-refractivity contribution in [1.82, 2.24) is 0 Å². The van der Waals surface area contributed by atoms with E-state index in [1.165, 1.54) is 6.07 Å². The van der Waals surface area contributed by atoms with Crippen molar-refractivity contribution in [3.05, 3.63) is 35.4 Å². The summed E-state index contributed by atoms with van der Waals surface area (Å²) in [5.74, 6) is -2.18. The SMILES string of the molecule is Cl.NC1(c2ccc(F)cc2F)CCCC(O)C1=O. The number of Topliss-reactive ketones (excluding diaryl/α,β-unsaturated/α-hetero) is 1. The van der Waals surface area contributed by atoms with Crippen molar-refractivity contribution in [3.63, 3.8) is 0 Å². The zero-order chi connectivity index (χ0) is 12.6. The molecule has 3 N–H and O–H groups in total. The average molecular weight is 278 g/mol. The van der Waals surface area contributed by atoms with Crippen LogP contribution < -0.4 is 5.73 Å². The van der Waals surface area contributed by atoms with Crippen molar-refractivity contribution in [2.24, 2.45) is 5.73 Å². The van der Waals surface area contributed by atoms with Gasteiger partial charge in [-0.3, -0.25) is 4.79 Å². The molecule has 0 heterocycles. The second-order valence-corrected chi connectivity index (χ2v) is 4.37. The number of halogens is 3. The highest BCUT2D eigenvalue weighted by Gasteiger charge is 2.43. The molecule has 0 aliphatic heterocycles. The molecule has 0 saturated heterocycles. The van der Waals surface area contributed by atoms with Gasteiger partial charge in [-0.1, -0.05) is 6.07 Å². The highest BCUT2D eigenvalue weighted by molar-refractivity contribution is 5.93. The third kappa shape index (κ3) is 2.39. The number of rotatable bonds is 1. The predicted molar refractivity (Wildman–Crippen MR) is 64.3 cm³/mol. The molecule has 3 nitrogen and oxygen atoms in total. The van der Waals surface area contributed by atoms with Gasteiger partial charge in [-0.15, -0.1) is 12.4 Å². The van der Waals surface area contributed by atoms with Crippen molar-refractivity contribution < 1.29 is 18.7 Å². The summed E-state index contributed by atoms with van der Waals surface area (Å²) < 4.78 is 26.4. The number of hydrogen-bond donors (Lipinski definition) is 2. The Morgan fingerprint density at radius 1 is 1.39 bits per heavy atom. The highest BCUT2D eigenvalue weighted by atomic mass is 35.5. The first kappa shape index (κ1) is 15.0. The van der Waals surface area contributed by atoms with Crippen molar-refractivity contribution >= 4 is 18.2 Å². The normalized spacial score (nSPS) is 27.8. The lowest BCUT2D eigenvalue weighted by atomic mass is 9.75. The molecule has 0 bridgehead atoms. The highest BCUT2D eigenvalue weighted by Crippen LogP contribution is 2.33. The molecule has 0 radical (unpaired) electrons. The summed E-state index contributed by atoms with van der Waals surface area (Å²) in [6, 6.07) is 2.92. The summed E-state index contributed by atoms with van der Waals surface area (Å²) in [6.45, 7) is 0. The first-order valence-electron chi connectivity index (χ1n) is 5.42. The maximum absolute atomic E-state index is 13.6. The predicted octanol–water partition coefficient (Wildman–Crippen LogP) is 1.65. The van der Waals surface area contributed by atoms with E-state index in [-0.39, 0.29) is 24.4 Å². The van der Waals surface area contributed by atoms with Crippen molar-refractivity contribution in [2.45, 2.75) is 30.9 Å². The van der Waals surface area contributed by atoms with Crippen LogP contribution in [0.15, 0.2) is 18.2 Å². The van der Waals surface area contributed by atoms with Crippen LogP contribution >= 0.6 is 12.4 Å². The number of aliphatic hydroxyl groups is 1. The van der Waals surface area contributed by atoms with Gasteiger partial charge in [0, 0.05) is 11.6 Å². The average Bonchev–Trinajstić information content (AvgIpc) is 2.25. The van der Waals surface area contributed by atoms with E-state index in [1.54, 1.807) is 0 Å². The summed E-state index contributed by atoms with van der Waals surface area (Å²) in [4.78, 5) is 11.8. The quantitative estimate of drug-likeness (QED) is 0.820. The monoisotopic (exact) mass is 277 g/mol. The third-order valence-electron chi connectivity index (χ3n) is 3.20. The van der Waals surface area contributed by atoms with Crippen LogP contribution in [0.25, 0.3) is 0 Å². The van der Waals surface area contributed by atoms with Gasteiger partial charge >= 0.3 is 0 Å². The van der Waals surface area contributed by atoms with Gasteiger partial charge in [0.15, 0.2) is 5.78 Å². The lowest BCUT2D eigenvalue weighted by Crippen LogP contribution is -2.53. The summed E-state index contributed by atoms with van der Waals surface area (Å²) in [5.41, 5.74) is 4.29. The van der Waals surface area contributed by atoms with Crippen molar-refractivity contribution in [3.8, 4) is 0 Å². The fraction of sp³-hybridized carbons (Fsp3) is 0.417. The Morgan fingerprint density at radius 3 is 2.67 bits per heavy atom. The number of ketones is 1. The molecule has 0 amide bonds. The first-order chi connectivity index (χ1) is 7.95. The molecule has 18 heavy (non-hydrogen) atoms. The minimum absolute atomic E-state index is 0. The van der Waals surface area contributed by atoms with E-state index in [2.05, 4.69) is 0 Å². The minimum atomic E-state index is -1.55. The third-order valence-corrected chi connectivity index (χ3v) is 3.20. The lowest BCUT2D eigenvalue weighted by molar-refractivity contribution is -0.136. The number of carbonyl (C=O) groups is 1. The van der Waals surface area contributed by atoms with Crippen molar-refractivity contribution in [2.75, 3.05) is 0 Å². The molecule has 2 atom stereocenters. The zero-order valence-electron chi connectivity index (χ0n) is 9.53. The smallest absolute Gasteiger partial charge is 0.185 e. The summed E-state index contributed by atoms with van der Waals surface area (Å²) in [5, 5.41) is 9.49. The molecule has 1 aliphatic carbocycles. The second kappa shape index (κ2) is 5.30. The van der Waals surface area contributed by atoms with Crippen LogP contribution in [-0.2, 0) is 10.3 Å². The van der Waals surface area contributed by atoms with E-state index in [0.29, 0.717) is 18.9 Å². The molecule has 6 heteroatoms. The Hall–Kier alpha value is -1.04. The van der Waals surface area contributed by atoms with Gasteiger partial charge in [0.25, 0.3) is 0 Å². The van der Waals surface area contributed by atoms with E-state index in [1.807, 2.05) is 0 Å². The van der Waals surface area contributed by atoms with Gasteiger partial charge in [-0.2, -0.15) is 0 Å². The van der Waals surface area contributed by atoms with Gasteiger partial charge < -0.3 is 10.8 Å². The topological polar surface area (TPSA) is 63.3 Å². The Morgan fingerprint density at radius 2 is 2.06 bits per heavy atom. The maximum atomic E-state index is 13.6. The number of benzene rings is 1. The number of hydrogen-bond acceptors (Lipinski definition) is 3. The molecule has 1 saturated carbocycles. The Balaban J connectivity index is 0.00000162. The van der Waals surface area contributed by atoms with E-state index in [9.17, 15) is 18.7 Å². The lowest BCUT2D eigenvalue weighted by Gasteiger charge is -2.34.